The third-order valence-electron chi connectivity index (χ3n) is 4.51. The van der Waals surface area contributed by atoms with Crippen molar-refractivity contribution in [2.75, 3.05) is 45.9 Å². The molecule has 0 aromatic heterocycles. The van der Waals surface area contributed by atoms with Gasteiger partial charge in [-0.2, -0.15) is 11.8 Å². The molecule has 1 fully saturated rings. The summed E-state index contributed by atoms with van der Waals surface area (Å²) in [5, 5.41) is 2.77. The topological polar surface area (TPSA) is 111 Å². The highest BCUT2D eigenvalue weighted by molar-refractivity contribution is 8.00. The number of unbranched alkanes of at least 4 members (excludes halogenated alkanes) is 4. The summed E-state index contributed by atoms with van der Waals surface area (Å²) in [6.45, 7) is 3.39. The minimum atomic E-state index is -3.37. The molecule has 1 aliphatic rings. The van der Waals surface area contributed by atoms with E-state index in [0.29, 0.717) is 32.6 Å². The first kappa shape index (κ1) is 25.4. The molecule has 0 aromatic carbocycles. The summed E-state index contributed by atoms with van der Waals surface area (Å²) >= 11 is 1.75. The van der Waals surface area contributed by atoms with Crippen LogP contribution < -0.4 is 5.32 Å². The molecular formula is C18H34NO7PS. The molecule has 2 N–H and O–H groups in total. The Morgan fingerprint density at radius 3 is 2.43 bits per heavy atom. The van der Waals surface area contributed by atoms with Crippen LogP contribution in [0.2, 0.25) is 0 Å². The van der Waals surface area contributed by atoms with Crippen molar-refractivity contribution in [3.05, 3.63) is 0 Å². The van der Waals surface area contributed by atoms with Crippen LogP contribution in [0, 0.1) is 0 Å². The van der Waals surface area contributed by atoms with E-state index in [1.807, 2.05) is 6.26 Å². The van der Waals surface area contributed by atoms with E-state index in [4.69, 9.17) is 18.9 Å². The average molecular weight is 440 g/mol. The van der Waals surface area contributed by atoms with E-state index in [2.05, 4.69) is 5.32 Å². The maximum absolute atomic E-state index is 11.8. The number of thioether (sulfide) groups is 1. The number of rotatable bonds is 16. The number of esters is 1. The van der Waals surface area contributed by atoms with E-state index < -0.39 is 7.60 Å². The largest absolute Gasteiger partial charge is 0.464 e. The van der Waals surface area contributed by atoms with Gasteiger partial charge >= 0.3 is 13.6 Å². The van der Waals surface area contributed by atoms with Gasteiger partial charge in [0, 0.05) is 19.5 Å². The molecule has 8 nitrogen and oxygen atoms in total. The lowest BCUT2D eigenvalue weighted by atomic mass is 10.0. The van der Waals surface area contributed by atoms with Crippen molar-refractivity contribution in [3.63, 3.8) is 0 Å². The van der Waals surface area contributed by atoms with Crippen LogP contribution >= 0.6 is 19.4 Å². The number of carbonyl (C=O) groups excluding carboxylic acids is 2. The molecular weight excluding hydrogens is 405 g/mol. The standard InChI is InChI=1S/C18H34NO7PS/c1-27(22,23)26-12-7-5-3-4-6-8-17(21)25-13-11-19-16(20)9-10-18(28-2)14-24-15-18/h3-15H2,1-2H3,(H,19,20)(H,22,23). The van der Waals surface area contributed by atoms with Gasteiger partial charge in [0.05, 0.1) is 31.1 Å². The fourth-order valence-electron chi connectivity index (χ4n) is 2.69. The quantitative estimate of drug-likeness (QED) is 0.215. The van der Waals surface area contributed by atoms with Crippen molar-refractivity contribution >= 4 is 31.2 Å². The van der Waals surface area contributed by atoms with Crippen LogP contribution in [0.4, 0.5) is 0 Å². The summed E-state index contributed by atoms with van der Waals surface area (Å²) in [5.41, 5.74) is 0. The van der Waals surface area contributed by atoms with E-state index in [0.717, 1.165) is 38.5 Å². The number of ether oxygens (including phenoxy) is 2. The lowest BCUT2D eigenvalue weighted by molar-refractivity contribution is -0.144. The Labute approximate surface area is 172 Å². The molecule has 164 valence electrons. The first-order valence-corrected chi connectivity index (χ1v) is 13.0. The zero-order valence-corrected chi connectivity index (χ0v) is 18.7. The van der Waals surface area contributed by atoms with Gasteiger partial charge < -0.3 is 24.2 Å². The second kappa shape index (κ2) is 13.6. The van der Waals surface area contributed by atoms with Crippen molar-refractivity contribution in [2.24, 2.45) is 0 Å². The van der Waals surface area contributed by atoms with Crippen LogP contribution in [0.1, 0.15) is 51.4 Å². The Morgan fingerprint density at radius 1 is 1.14 bits per heavy atom. The van der Waals surface area contributed by atoms with Gasteiger partial charge in [-0.3, -0.25) is 14.2 Å². The van der Waals surface area contributed by atoms with Crippen molar-refractivity contribution in [1.29, 1.82) is 0 Å². The van der Waals surface area contributed by atoms with Gasteiger partial charge in [0.25, 0.3) is 0 Å². The Hall–Kier alpha value is -0.600. The van der Waals surface area contributed by atoms with Crippen LogP contribution in [0.5, 0.6) is 0 Å². The first-order valence-electron chi connectivity index (χ1n) is 9.76. The normalized spacial score (nSPS) is 17.4. The van der Waals surface area contributed by atoms with E-state index in [9.17, 15) is 14.2 Å². The summed E-state index contributed by atoms with van der Waals surface area (Å²) < 4.78 is 26.2. The molecule has 0 radical (unpaired) electrons. The van der Waals surface area contributed by atoms with Gasteiger partial charge in [-0.15, -0.1) is 0 Å². The summed E-state index contributed by atoms with van der Waals surface area (Å²) in [5.74, 6) is -0.279. The number of amides is 1. The molecule has 0 aliphatic carbocycles. The smallest absolute Gasteiger partial charge is 0.325 e. The van der Waals surface area contributed by atoms with Crippen LogP contribution in [0.25, 0.3) is 0 Å². The Kier molecular flexibility index (Phi) is 12.3. The summed E-state index contributed by atoms with van der Waals surface area (Å²) in [4.78, 5) is 32.4. The molecule has 1 saturated heterocycles. The highest BCUT2D eigenvalue weighted by Crippen LogP contribution is 2.36. The van der Waals surface area contributed by atoms with Crippen molar-refractivity contribution in [3.8, 4) is 0 Å². The predicted octanol–water partition coefficient (Wildman–Crippen LogP) is 2.73. The third-order valence-corrected chi connectivity index (χ3v) is 6.48. The number of hydrogen-bond donors (Lipinski definition) is 2. The maximum Gasteiger partial charge on any atom is 0.325 e. The molecule has 0 spiro atoms. The lowest BCUT2D eigenvalue weighted by Gasteiger charge is -2.39. The van der Waals surface area contributed by atoms with E-state index in [1.54, 1.807) is 11.8 Å². The second-order valence-electron chi connectivity index (χ2n) is 7.10. The van der Waals surface area contributed by atoms with Gasteiger partial charge in [-0.1, -0.05) is 19.3 Å². The molecule has 0 bridgehead atoms. The zero-order chi connectivity index (χ0) is 20.9. The van der Waals surface area contributed by atoms with Gasteiger partial charge in [-0.05, 0) is 25.5 Å². The molecule has 28 heavy (non-hydrogen) atoms. The molecule has 1 amide bonds. The third kappa shape index (κ3) is 12.1. The molecule has 1 rings (SSSR count). The molecule has 10 heteroatoms. The van der Waals surface area contributed by atoms with Crippen molar-refractivity contribution < 1.29 is 33.0 Å². The highest BCUT2D eigenvalue weighted by Gasteiger charge is 2.37. The number of nitrogens with one attached hydrogen (secondary N) is 1. The summed E-state index contributed by atoms with van der Waals surface area (Å²) in [6, 6.07) is 0. The monoisotopic (exact) mass is 439 g/mol. The van der Waals surface area contributed by atoms with Crippen LogP contribution in [-0.4, -0.2) is 67.4 Å². The summed E-state index contributed by atoms with van der Waals surface area (Å²) in [6.07, 6.45) is 7.86. The van der Waals surface area contributed by atoms with E-state index >= 15 is 0 Å². The van der Waals surface area contributed by atoms with Crippen molar-refractivity contribution in [1.82, 2.24) is 5.32 Å². The molecule has 1 heterocycles. The molecule has 1 aliphatic heterocycles. The van der Waals surface area contributed by atoms with E-state index in [-0.39, 0.29) is 29.8 Å². The maximum atomic E-state index is 11.8. The minimum Gasteiger partial charge on any atom is -0.464 e. The number of hydrogen-bond acceptors (Lipinski definition) is 7. The SMILES string of the molecule is CSC1(CCC(=O)NCCOC(=O)CCCCCCCOP(C)(=O)O)COC1. The predicted molar refractivity (Wildman–Crippen MR) is 110 cm³/mol. The van der Waals surface area contributed by atoms with Crippen LogP contribution in [0.15, 0.2) is 0 Å². The van der Waals surface area contributed by atoms with E-state index in [1.165, 1.54) is 6.66 Å². The molecule has 0 saturated carbocycles. The molecule has 1 atom stereocenters. The van der Waals surface area contributed by atoms with Gasteiger partial charge in [0.2, 0.25) is 5.91 Å². The van der Waals surface area contributed by atoms with Gasteiger partial charge in [-0.25, -0.2) is 0 Å². The first-order chi connectivity index (χ1) is 13.3. The van der Waals surface area contributed by atoms with Gasteiger partial charge in [0.15, 0.2) is 0 Å². The number of carbonyl (C=O) groups is 2. The Bertz CT molecular complexity index is 517. The Morgan fingerprint density at radius 2 is 1.82 bits per heavy atom. The lowest BCUT2D eigenvalue weighted by Crippen LogP contribution is -2.47. The molecule has 0 aromatic rings. The summed E-state index contributed by atoms with van der Waals surface area (Å²) in [7, 11) is -3.37. The Balaban J connectivity index is 1.90. The molecule has 1 unspecified atom stereocenters. The fraction of sp³-hybridized carbons (Fsp3) is 0.889. The fourth-order valence-corrected chi connectivity index (χ4v) is 3.86. The van der Waals surface area contributed by atoms with Crippen molar-refractivity contribution in [2.45, 2.75) is 56.1 Å². The zero-order valence-electron chi connectivity index (χ0n) is 16.9. The second-order valence-corrected chi connectivity index (χ2v) is 10.2. The minimum absolute atomic E-state index is 0.0269. The van der Waals surface area contributed by atoms with Crippen LogP contribution in [0.3, 0.4) is 0 Å². The van der Waals surface area contributed by atoms with Gasteiger partial charge in [0.1, 0.15) is 6.61 Å². The average Bonchev–Trinajstić information content (AvgIpc) is 2.59. The highest BCUT2D eigenvalue weighted by atomic mass is 32.2. The van der Waals surface area contributed by atoms with Crippen LogP contribution in [-0.2, 0) is 28.2 Å².